The van der Waals surface area contributed by atoms with Crippen molar-refractivity contribution < 1.29 is 23.9 Å². The highest BCUT2D eigenvalue weighted by molar-refractivity contribution is 9.10. The Bertz CT molecular complexity index is 1410. The fraction of sp³-hybridized carbons (Fsp3) is 0.214. The van der Waals surface area contributed by atoms with Gasteiger partial charge in [0, 0.05) is 15.6 Å². The van der Waals surface area contributed by atoms with Crippen molar-refractivity contribution in [3.05, 3.63) is 99.0 Å². The lowest BCUT2D eigenvalue weighted by molar-refractivity contribution is -0.127. The number of benzene rings is 3. The number of carbonyl (C=O) groups is 4. The van der Waals surface area contributed by atoms with Crippen LogP contribution in [0.2, 0.25) is 0 Å². The fourth-order valence-corrected chi connectivity index (χ4v) is 6.07. The summed E-state index contributed by atoms with van der Waals surface area (Å²) in [6.45, 7) is 3.77. The first-order valence-corrected chi connectivity index (χ1v) is 12.1. The predicted molar refractivity (Wildman–Crippen MR) is 131 cm³/mol. The number of imide groups is 1. The molecule has 0 saturated carbocycles. The zero-order chi connectivity index (χ0) is 24.6. The third-order valence-corrected chi connectivity index (χ3v) is 7.71. The summed E-state index contributed by atoms with van der Waals surface area (Å²) >= 11 is 3.41. The van der Waals surface area contributed by atoms with E-state index in [1.54, 1.807) is 60.7 Å². The van der Waals surface area contributed by atoms with E-state index in [9.17, 15) is 19.2 Å². The summed E-state index contributed by atoms with van der Waals surface area (Å²) in [6, 6.07) is 19.1. The zero-order valence-electron chi connectivity index (χ0n) is 18.9. The Morgan fingerprint density at radius 3 is 1.94 bits per heavy atom. The van der Waals surface area contributed by atoms with Gasteiger partial charge in [-0.25, -0.2) is 4.90 Å². The quantitative estimate of drug-likeness (QED) is 0.353. The maximum absolute atomic E-state index is 14.0. The van der Waals surface area contributed by atoms with Crippen molar-refractivity contribution in [1.29, 1.82) is 0 Å². The molecule has 0 radical (unpaired) electrons. The first-order chi connectivity index (χ1) is 16.7. The second-order valence-corrected chi connectivity index (χ2v) is 10.3. The van der Waals surface area contributed by atoms with Gasteiger partial charge in [-0.05, 0) is 54.8 Å². The van der Waals surface area contributed by atoms with E-state index in [-0.39, 0.29) is 11.1 Å². The molecule has 3 aromatic rings. The SMILES string of the molecule is Cc1cc(C)cc(N2C(=O)C3C(c4ccc(Br)cc4)OC4(C(=O)c5ccccc5C4=O)C3C2=O)c1. The van der Waals surface area contributed by atoms with Gasteiger partial charge in [0.2, 0.25) is 29.0 Å². The van der Waals surface area contributed by atoms with Crippen LogP contribution in [0.4, 0.5) is 5.69 Å². The molecule has 3 aliphatic rings. The number of fused-ring (bicyclic) bond motifs is 3. The Kier molecular flexibility index (Phi) is 4.75. The van der Waals surface area contributed by atoms with E-state index in [2.05, 4.69) is 15.9 Å². The van der Waals surface area contributed by atoms with Gasteiger partial charge >= 0.3 is 0 Å². The van der Waals surface area contributed by atoms with Crippen molar-refractivity contribution >= 4 is 45.0 Å². The minimum atomic E-state index is -2.06. The Hall–Kier alpha value is -3.42. The molecule has 7 heteroatoms. The molecular formula is C28H20BrNO5. The molecule has 3 unspecified atom stereocenters. The minimum Gasteiger partial charge on any atom is -0.349 e. The van der Waals surface area contributed by atoms with Gasteiger partial charge in [0.1, 0.15) is 0 Å². The Morgan fingerprint density at radius 1 is 0.800 bits per heavy atom. The van der Waals surface area contributed by atoms with Crippen molar-refractivity contribution in [2.24, 2.45) is 11.8 Å². The number of amides is 2. The van der Waals surface area contributed by atoms with Crippen LogP contribution in [-0.4, -0.2) is 29.0 Å². The summed E-state index contributed by atoms with van der Waals surface area (Å²) in [5, 5.41) is 0. The Balaban J connectivity index is 1.55. The van der Waals surface area contributed by atoms with Gasteiger partial charge in [0.05, 0.1) is 23.6 Å². The van der Waals surface area contributed by atoms with Gasteiger partial charge < -0.3 is 4.74 Å². The third-order valence-electron chi connectivity index (χ3n) is 7.18. The second-order valence-electron chi connectivity index (χ2n) is 9.39. The summed E-state index contributed by atoms with van der Waals surface area (Å²) in [4.78, 5) is 56.5. The van der Waals surface area contributed by atoms with Crippen LogP contribution in [0, 0.1) is 25.7 Å². The monoisotopic (exact) mass is 529 g/mol. The van der Waals surface area contributed by atoms with Gasteiger partial charge in [0.15, 0.2) is 0 Å². The molecule has 3 aromatic carbocycles. The summed E-state index contributed by atoms with van der Waals surface area (Å²) in [7, 11) is 0. The number of rotatable bonds is 2. The van der Waals surface area contributed by atoms with Crippen LogP contribution in [0.15, 0.2) is 71.2 Å². The maximum atomic E-state index is 14.0. The van der Waals surface area contributed by atoms with Gasteiger partial charge in [-0.15, -0.1) is 0 Å². The standard InChI is InChI=1S/C28H20BrNO5/c1-14-11-15(2)13-18(12-14)30-26(33)21-22(27(30)34)28(35-23(21)16-7-9-17(29)10-8-16)24(31)19-5-3-4-6-20(19)25(28)32/h3-13,21-23H,1-2H3. The summed E-state index contributed by atoms with van der Waals surface area (Å²) in [6.07, 6.45) is -0.928. The number of carbonyl (C=O) groups excluding carboxylic acids is 4. The molecule has 2 aliphatic heterocycles. The lowest BCUT2D eigenvalue weighted by Crippen LogP contribution is -2.51. The number of aryl methyl sites for hydroxylation is 2. The highest BCUT2D eigenvalue weighted by atomic mass is 79.9. The number of ketones is 2. The minimum absolute atomic E-state index is 0.220. The van der Waals surface area contributed by atoms with Gasteiger partial charge in [-0.3, -0.25) is 19.2 Å². The normalized spacial score (nSPS) is 24.4. The molecule has 2 saturated heterocycles. The van der Waals surface area contributed by atoms with Crippen molar-refractivity contribution in [2.75, 3.05) is 4.90 Å². The third kappa shape index (κ3) is 2.91. The largest absolute Gasteiger partial charge is 0.349 e. The number of hydrogen-bond donors (Lipinski definition) is 0. The molecule has 2 amide bonds. The number of hydrogen-bond acceptors (Lipinski definition) is 5. The van der Waals surface area contributed by atoms with E-state index in [4.69, 9.17) is 4.74 Å². The molecule has 35 heavy (non-hydrogen) atoms. The number of Topliss-reactive ketones (excluding diaryl/α,β-unsaturated/α-hetero) is 2. The number of nitrogens with zero attached hydrogens (tertiary/aromatic N) is 1. The molecule has 0 N–H and O–H groups in total. The van der Waals surface area contributed by atoms with Crippen LogP contribution in [0.25, 0.3) is 0 Å². The molecule has 1 spiro atoms. The molecule has 3 atom stereocenters. The lowest BCUT2D eigenvalue weighted by Gasteiger charge is -2.27. The summed E-state index contributed by atoms with van der Waals surface area (Å²) < 4.78 is 7.13. The lowest BCUT2D eigenvalue weighted by atomic mass is 9.77. The van der Waals surface area contributed by atoms with Crippen LogP contribution in [0.1, 0.15) is 43.5 Å². The Morgan fingerprint density at radius 2 is 1.37 bits per heavy atom. The average molecular weight is 530 g/mol. The molecule has 0 aromatic heterocycles. The van der Waals surface area contributed by atoms with E-state index in [1.165, 1.54) is 0 Å². The predicted octanol–water partition coefficient (Wildman–Crippen LogP) is 4.76. The van der Waals surface area contributed by atoms with E-state index in [0.29, 0.717) is 11.3 Å². The molecule has 2 heterocycles. The van der Waals surface area contributed by atoms with Gasteiger partial charge in [0.25, 0.3) is 0 Å². The molecule has 6 rings (SSSR count). The fourth-order valence-electron chi connectivity index (χ4n) is 5.80. The Labute approximate surface area is 210 Å². The summed E-state index contributed by atoms with van der Waals surface area (Å²) in [5.74, 6) is -4.43. The molecule has 2 fully saturated rings. The molecule has 6 nitrogen and oxygen atoms in total. The van der Waals surface area contributed by atoms with Gasteiger partial charge in [-0.2, -0.15) is 0 Å². The highest BCUT2D eigenvalue weighted by Crippen LogP contribution is 2.57. The van der Waals surface area contributed by atoms with E-state index in [1.807, 2.05) is 19.9 Å². The topological polar surface area (TPSA) is 80.8 Å². The zero-order valence-corrected chi connectivity index (χ0v) is 20.5. The van der Waals surface area contributed by atoms with Crippen LogP contribution >= 0.6 is 15.9 Å². The van der Waals surface area contributed by atoms with Gasteiger partial charge in [-0.1, -0.05) is 58.4 Å². The number of halogens is 1. The number of anilines is 1. The smallest absolute Gasteiger partial charge is 0.241 e. The van der Waals surface area contributed by atoms with Crippen molar-refractivity contribution in [3.63, 3.8) is 0 Å². The molecule has 0 bridgehead atoms. The first-order valence-electron chi connectivity index (χ1n) is 11.3. The first kappa shape index (κ1) is 22.1. The van der Waals surface area contributed by atoms with Crippen molar-refractivity contribution in [2.45, 2.75) is 25.6 Å². The van der Waals surface area contributed by atoms with Crippen LogP contribution in [0.3, 0.4) is 0 Å². The van der Waals surface area contributed by atoms with E-state index >= 15 is 0 Å². The van der Waals surface area contributed by atoms with Crippen molar-refractivity contribution in [1.82, 2.24) is 0 Å². The molecule has 174 valence electrons. The van der Waals surface area contributed by atoms with Crippen LogP contribution < -0.4 is 4.90 Å². The van der Waals surface area contributed by atoms with E-state index in [0.717, 1.165) is 20.5 Å². The second kappa shape index (κ2) is 7.54. The maximum Gasteiger partial charge on any atom is 0.241 e. The molecule has 1 aliphatic carbocycles. The number of ether oxygens (including phenoxy) is 1. The average Bonchev–Trinajstić information content (AvgIpc) is 3.39. The highest BCUT2D eigenvalue weighted by Gasteiger charge is 2.74. The van der Waals surface area contributed by atoms with Crippen molar-refractivity contribution in [3.8, 4) is 0 Å². The van der Waals surface area contributed by atoms with Crippen LogP contribution in [0.5, 0.6) is 0 Å². The summed E-state index contributed by atoms with van der Waals surface area (Å²) in [5.41, 5.74) is 1.23. The molecular weight excluding hydrogens is 510 g/mol. The van der Waals surface area contributed by atoms with E-state index < -0.39 is 46.9 Å². The van der Waals surface area contributed by atoms with Crippen LogP contribution in [-0.2, 0) is 14.3 Å².